The molecule has 0 spiro atoms. The summed E-state index contributed by atoms with van der Waals surface area (Å²) in [5.41, 5.74) is -0.908. The minimum absolute atomic E-state index is 0.173. The smallest absolute Gasteiger partial charge is 0.330 e. The molecule has 94 valence electrons. The van der Waals surface area contributed by atoms with E-state index in [0.717, 1.165) is 25.7 Å². The van der Waals surface area contributed by atoms with Crippen molar-refractivity contribution in [2.45, 2.75) is 37.6 Å². The minimum atomic E-state index is -0.908. The molecule has 4 bridgehead atoms. The molecule has 0 aromatic carbocycles. The highest BCUT2D eigenvalue weighted by atomic mass is 16.4. The number of carbonyl (C=O) groups is 2. The Labute approximate surface area is 101 Å². The highest BCUT2D eigenvalue weighted by Gasteiger charge is 2.63. The van der Waals surface area contributed by atoms with E-state index in [4.69, 9.17) is 0 Å². The van der Waals surface area contributed by atoms with Crippen LogP contribution in [0.1, 0.15) is 32.1 Å². The Morgan fingerprint density at radius 1 is 1.18 bits per heavy atom. The van der Waals surface area contributed by atoms with E-state index >= 15 is 0 Å². The number of aliphatic carboxylic acids is 1. The lowest BCUT2D eigenvalue weighted by Gasteiger charge is -2.61. The number of amides is 1. The van der Waals surface area contributed by atoms with Crippen LogP contribution in [0, 0.1) is 23.7 Å². The van der Waals surface area contributed by atoms with E-state index in [1.54, 1.807) is 7.05 Å². The molecule has 0 atom stereocenters. The number of likely N-dealkylation sites (N-methyl/N-ethyl adjacent to an activating group) is 1. The molecule has 4 aliphatic carbocycles. The SMILES string of the molecule is CN(C=O)C1(C(=O)O)C2CC3CC(C2)CC1C3. The topological polar surface area (TPSA) is 57.6 Å². The van der Waals surface area contributed by atoms with Gasteiger partial charge < -0.3 is 10.0 Å². The van der Waals surface area contributed by atoms with Gasteiger partial charge in [-0.2, -0.15) is 0 Å². The van der Waals surface area contributed by atoms with Gasteiger partial charge in [0.15, 0.2) is 0 Å². The van der Waals surface area contributed by atoms with Crippen molar-refractivity contribution >= 4 is 12.4 Å². The summed E-state index contributed by atoms with van der Waals surface area (Å²) >= 11 is 0. The third-order valence-corrected chi connectivity index (χ3v) is 5.47. The monoisotopic (exact) mass is 237 g/mol. The zero-order chi connectivity index (χ0) is 12.2. The maximum Gasteiger partial charge on any atom is 0.330 e. The Balaban J connectivity index is 2.04. The van der Waals surface area contributed by atoms with E-state index in [9.17, 15) is 14.7 Å². The molecule has 0 aromatic rings. The van der Waals surface area contributed by atoms with Crippen LogP contribution in [0.5, 0.6) is 0 Å². The summed E-state index contributed by atoms with van der Waals surface area (Å²) in [5, 5.41) is 9.70. The predicted octanol–water partition coefficient (Wildman–Crippen LogP) is 1.35. The van der Waals surface area contributed by atoms with Crippen LogP contribution in [0.25, 0.3) is 0 Å². The Hall–Kier alpha value is -1.06. The van der Waals surface area contributed by atoms with E-state index in [1.807, 2.05) is 0 Å². The van der Waals surface area contributed by atoms with Gasteiger partial charge in [0.2, 0.25) is 6.41 Å². The van der Waals surface area contributed by atoms with Gasteiger partial charge in [-0.25, -0.2) is 4.79 Å². The summed E-state index contributed by atoms with van der Waals surface area (Å²) in [7, 11) is 1.64. The van der Waals surface area contributed by atoms with Crippen molar-refractivity contribution in [3.05, 3.63) is 0 Å². The average molecular weight is 237 g/mol. The zero-order valence-corrected chi connectivity index (χ0v) is 10.1. The molecule has 1 N–H and O–H groups in total. The molecule has 0 aromatic heterocycles. The third kappa shape index (κ3) is 1.24. The molecule has 0 radical (unpaired) electrons. The number of hydrogen-bond acceptors (Lipinski definition) is 2. The van der Waals surface area contributed by atoms with E-state index in [-0.39, 0.29) is 11.8 Å². The Morgan fingerprint density at radius 3 is 2.00 bits per heavy atom. The number of carboxylic acid groups (broad SMARTS) is 1. The van der Waals surface area contributed by atoms with Gasteiger partial charge in [-0.3, -0.25) is 4.79 Å². The molecule has 0 saturated heterocycles. The number of carboxylic acids is 1. The van der Waals surface area contributed by atoms with Crippen LogP contribution < -0.4 is 0 Å². The largest absolute Gasteiger partial charge is 0.479 e. The number of rotatable bonds is 3. The second-order valence-corrected chi connectivity index (χ2v) is 6.15. The van der Waals surface area contributed by atoms with Gasteiger partial charge in [-0.05, 0) is 55.8 Å². The zero-order valence-electron chi connectivity index (χ0n) is 10.1. The first-order chi connectivity index (χ1) is 8.08. The molecule has 17 heavy (non-hydrogen) atoms. The molecule has 0 unspecified atom stereocenters. The standard InChI is InChI=1S/C13H19NO3/c1-14(7-15)13(12(16)17)10-3-8-2-9(5-10)6-11(13)4-8/h7-11H,2-6H2,1H3,(H,16,17). The molecule has 4 fully saturated rings. The molecule has 4 aliphatic rings. The molecule has 4 saturated carbocycles. The van der Waals surface area contributed by atoms with Crippen LogP contribution in [-0.4, -0.2) is 35.0 Å². The lowest BCUT2D eigenvalue weighted by atomic mass is 9.48. The summed E-state index contributed by atoms with van der Waals surface area (Å²) in [4.78, 5) is 24.4. The van der Waals surface area contributed by atoms with Crippen molar-refractivity contribution in [1.82, 2.24) is 4.90 Å². The molecule has 1 amide bonds. The molecule has 0 aliphatic heterocycles. The summed E-state index contributed by atoms with van der Waals surface area (Å²) in [6, 6.07) is 0. The molecular weight excluding hydrogens is 218 g/mol. The fourth-order valence-electron chi connectivity index (χ4n) is 5.07. The lowest BCUT2D eigenvalue weighted by Crippen LogP contribution is -2.68. The van der Waals surface area contributed by atoms with Crippen molar-refractivity contribution in [2.24, 2.45) is 23.7 Å². The van der Waals surface area contributed by atoms with Crippen LogP contribution in [-0.2, 0) is 9.59 Å². The number of carbonyl (C=O) groups excluding carboxylic acids is 1. The van der Waals surface area contributed by atoms with Crippen molar-refractivity contribution in [2.75, 3.05) is 7.05 Å². The second-order valence-electron chi connectivity index (χ2n) is 6.15. The maximum absolute atomic E-state index is 11.8. The van der Waals surface area contributed by atoms with Crippen molar-refractivity contribution in [1.29, 1.82) is 0 Å². The fourth-order valence-corrected chi connectivity index (χ4v) is 5.07. The van der Waals surface area contributed by atoms with Gasteiger partial charge >= 0.3 is 5.97 Å². The highest BCUT2D eigenvalue weighted by Crippen LogP contribution is 2.59. The van der Waals surface area contributed by atoms with E-state index in [2.05, 4.69) is 0 Å². The first kappa shape index (κ1) is 11.1. The lowest BCUT2D eigenvalue weighted by molar-refractivity contribution is -0.183. The van der Waals surface area contributed by atoms with Crippen LogP contribution in [0.4, 0.5) is 0 Å². The van der Waals surface area contributed by atoms with Gasteiger partial charge in [0, 0.05) is 7.05 Å². The van der Waals surface area contributed by atoms with Gasteiger partial charge in [-0.15, -0.1) is 0 Å². The maximum atomic E-state index is 11.8. The summed E-state index contributed by atoms with van der Waals surface area (Å²) in [6.07, 6.45) is 5.98. The van der Waals surface area contributed by atoms with Gasteiger partial charge in [0.05, 0.1) is 0 Å². The van der Waals surface area contributed by atoms with Crippen molar-refractivity contribution in [3.63, 3.8) is 0 Å². The van der Waals surface area contributed by atoms with E-state index in [1.165, 1.54) is 11.3 Å². The number of hydrogen-bond donors (Lipinski definition) is 1. The van der Waals surface area contributed by atoms with Crippen molar-refractivity contribution in [3.8, 4) is 0 Å². The van der Waals surface area contributed by atoms with Crippen LogP contribution in [0.3, 0.4) is 0 Å². The Morgan fingerprint density at radius 2 is 1.65 bits per heavy atom. The Kier molecular flexibility index (Phi) is 2.25. The first-order valence-electron chi connectivity index (χ1n) is 6.50. The quantitative estimate of drug-likeness (QED) is 0.754. The van der Waals surface area contributed by atoms with Crippen molar-refractivity contribution < 1.29 is 14.7 Å². The fraction of sp³-hybridized carbons (Fsp3) is 0.846. The average Bonchev–Trinajstić information content (AvgIpc) is 2.27. The second kappa shape index (κ2) is 3.47. The molecule has 0 heterocycles. The van der Waals surface area contributed by atoms with Crippen LogP contribution in [0.15, 0.2) is 0 Å². The van der Waals surface area contributed by atoms with Crippen LogP contribution in [0.2, 0.25) is 0 Å². The summed E-state index contributed by atoms with van der Waals surface area (Å²) in [6.45, 7) is 0. The van der Waals surface area contributed by atoms with Crippen LogP contribution >= 0.6 is 0 Å². The van der Waals surface area contributed by atoms with Gasteiger partial charge in [0.1, 0.15) is 5.54 Å². The van der Waals surface area contributed by atoms with Gasteiger partial charge in [0.25, 0.3) is 0 Å². The highest BCUT2D eigenvalue weighted by molar-refractivity contribution is 5.83. The summed E-state index contributed by atoms with van der Waals surface area (Å²) in [5.74, 6) is 0.980. The third-order valence-electron chi connectivity index (χ3n) is 5.47. The first-order valence-corrected chi connectivity index (χ1v) is 6.50. The van der Waals surface area contributed by atoms with E-state index in [0.29, 0.717) is 18.2 Å². The Bertz CT molecular complexity index is 338. The summed E-state index contributed by atoms with van der Waals surface area (Å²) < 4.78 is 0. The predicted molar refractivity (Wildman–Crippen MR) is 61.2 cm³/mol. The molecular formula is C13H19NO3. The normalized spacial score (nSPS) is 46.9. The van der Waals surface area contributed by atoms with Gasteiger partial charge in [-0.1, -0.05) is 0 Å². The van der Waals surface area contributed by atoms with E-state index < -0.39 is 11.5 Å². The number of nitrogens with zero attached hydrogens (tertiary/aromatic N) is 1. The molecule has 4 heteroatoms. The minimum Gasteiger partial charge on any atom is -0.479 e. The molecule has 4 rings (SSSR count). The molecule has 4 nitrogen and oxygen atoms in total.